The molecule has 2 fully saturated rings. The van der Waals surface area contributed by atoms with Gasteiger partial charge in [-0.25, -0.2) is 0 Å². The van der Waals surface area contributed by atoms with E-state index in [1.54, 1.807) is 0 Å². The number of rotatable bonds is 1. The Bertz CT molecular complexity index is 219. The highest BCUT2D eigenvalue weighted by Gasteiger charge is 2.35. The summed E-state index contributed by atoms with van der Waals surface area (Å²) < 4.78 is 0. The van der Waals surface area contributed by atoms with E-state index in [0.717, 1.165) is 36.5 Å². The Morgan fingerprint density at radius 1 is 1.14 bits per heavy atom. The fraction of sp³-hybridized carbons (Fsp3) is 0.923. The predicted octanol–water partition coefficient (Wildman–Crippen LogP) is 3.43. The van der Waals surface area contributed by atoms with Gasteiger partial charge in [-0.15, -0.1) is 0 Å². The van der Waals surface area contributed by atoms with Gasteiger partial charge in [-0.3, -0.25) is 4.79 Å². The van der Waals surface area contributed by atoms with Gasteiger partial charge in [0.15, 0.2) is 0 Å². The summed E-state index contributed by atoms with van der Waals surface area (Å²) in [6.45, 7) is 4.69. The number of fused-ring (bicyclic) bond motifs is 1. The van der Waals surface area contributed by atoms with Crippen LogP contribution in [0.3, 0.4) is 0 Å². The Kier molecular flexibility index (Phi) is 2.94. The van der Waals surface area contributed by atoms with Crippen LogP contribution in [-0.2, 0) is 4.79 Å². The van der Waals surface area contributed by atoms with Crippen molar-refractivity contribution in [3.05, 3.63) is 0 Å². The molecular formula is C13H22O. The first-order valence-corrected chi connectivity index (χ1v) is 6.18. The molecule has 1 heteroatoms. The zero-order chi connectivity index (χ0) is 10.1. The van der Waals surface area contributed by atoms with Crippen molar-refractivity contribution in [2.75, 3.05) is 0 Å². The zero-order valence-electron chi connectivity index (χ0n) is 9.46. The molecular weight excluding hydrogens is 172 g/mol. The molecule has 0 unspecified atom stereocenters. The second kappa shape index (κ2) is 4.04. The molecule has 1 nitrogen and oxygen atoms in total. The molecule has 0 aromatic rings. The lowest BCUT2D eigenvalue weighted by Gasteiger charge is -2.40. The average molecular weight is 194 g/mol. The first kappa shape index (κ1) is 10.2. The Labute approximate surface area is 87.3 Å². The van der Waals surface area contributed by atoms with E-state index in [2.05, 4.69) is 13.8 Å². The minimum Gasteiger partial charge on any atom is -0.300 e. The van der Waals surface area contributed by atoms with E-state index in [0.29, 0.717) is 5.78 Å². The molecule has 0 aliphatic heterocycles. The Morgan fingerprint density at radius 3 is 2.64 bits per heavy atom. The third kappa shape index (κ3) is 2.02. The van der Waals surface area contributed by atoms with Crippen LogP contribution in [0.1, 0.15) is 52.4 Å². The summed E-state index contributed by atoms with van der Waals surface area (Å²) in [6.07, 6.45) is 7.04. The summed E-state index contributed by atoms with van der Waals surface area (Å²) in [7, 11) is 0. The number of ketones is 1. The monoisotopic (exact) mass is 194 g/mol. The molecule has 0 heterocycles. The fourth-order valence-electron chi connectivity index (χ4n) is 3.33. The van der Waals surface area contributed by atoms with Crippen molar-refractivity contribution >= 4 is 5.78 Å². The second-order valence-corrected chi connectivity index (χ2v) is 5.62. The smallest absolute Gasteiger partial charge is 0.133 e. The lowest BCUT2D eigenvalue weighted by atomic mass is 9.65. The van der Waals surface area contributed by atoms with Crippen LogP contribution in [0.25, 0.3) is 0 Å². The SMILES string of the molecule is CC(C)[C@@H]1CC[C@@H]2CC(=O)CC[C@@H]2C1. The second-order valence-electron chi connectivity index (χ2n) is 5.62. The van der Waals surface area contributed by atoms with Gasteiger partial charge in [0.2, 0.25) is 0 Å². The highest BCUT2D eigenvalue weighted by Crippen LogP contribution is 2.43. The molecule has 2 rings (SSSR count). The molecule has 0 saturated heterocycles. The minimum atomic E-state index is 0.522. The maximum Gasteiger partial charge on any atom is 0.133 e. The van der Waals surface area contributed by atoms with Crippen LogP contribution in [0.15, 0.2) is 0 Å². The average Bonchev–Trinajstić information content (AvgIpc) is 2.16. The standard InChI is InChI=1S/C13H22O/c1-9(2)10-3-4-12-8-13(14)6-5-11(12)7-10/h9-12H,3-8H2,1-2H3/t10-,11-,12-/m1/s1. The maximum atomic E-state index is 11.3. The lowest BCUT2D eigenvalue weighted by molar-refractivity contribution is -0.123. The molecule has 2 aliphatic carbocycles. The topological polar surface area (TPSA) is 17.1 Å². The van der Waals surface area contributed by atoms with Gasteiger partial charge in [0.1, 0.15) is 5.78 Å². The van der Waals surface area contributed by atoms with Gasteiger partial charge in [-0.2, -0.15) is 0 Å². The highest BCUT2D eigenvalue weighted by atomic mass is 16.1. The zero-order valence-corrected chi connectivity index (χ0v) is 9.46. The molecule has 0 radical (unpaired) electrons. The molecule has 3 atom stereocenters. The van der Waals surface area contributed by atoms with Crippen molar-refractivity contribution in [3.8, 4) is 0 Å². The first-order chi connectivity index (χ1) is 6.66. The molecule has 0 spiro atoms. The largest absolute Gasteiger partial charge is 0.300 e. The Hall–Kier alpha value is -0.330. The molecule has 80 valence electrons. The molecule has 2 saturated carbocycles. The third-order valence-electron chi connectivity index (χ3n) is 4.41. The van der Waals surface area contributed by atoms with Crippen molar-refractivity contribution < 1.29 is 4.79 Å². The highest BCUT2D eigenvalue weighted by molar-refractivity contribution is 5.79. The number of hydrogen-bond acceptors (Lipinski definition) is 1. The quantitative estimate of drug-likeness (QED) is 0.625. The van der Waals surface area contributed by atoms with Gasteiger partial charge >= 0.3 is 0 Å². The summed E-state index contributed by atoms with van der Waals surface area (Å²) in [5, 5.41) is 0. The van der Waals surface area contributed by atoms with Crippen molar-refractivity contribution in [2.45, 2.75) is 52.4 Å². The van der Waals surface area contributed by atoms with Crippen LogP contribution in [-0.4, -0.2) is 5.78 Å². The number of carbonyl (C=O) groups excluding carboxylic acids is 1. The Morgan fingerprint density at radius 2 is 1.93 bits per heavy atom. The number of Topliss-reactive ketones (excluding diaryl/α,β-unsaturated/α-hetero) is 1. The van der Waals surface area contributed by atoms with E-state index < -0.39 is 0 Å². The Balaban J connectivity index is 1.94. The normalized spacial score (nSPS) is 38.5. The van der Waals surface area contributed by atoms with Gasteiger partial charge in [0.25, 0.3) is 0 Å². The van der Waals surface area contributed by atoms with E-state index in [9.17, 15) is 4.79 Å². The van der Waals surface area contributed by atoms with Crippen LogP contribution in [0.2, 0.25) is 0 Å². The first-order valence-electron chi connectivity index (χ1n) is 6.18. The van der Waals surface area contributed by atoms with Crippen molar-refractivity contribution in [1.82, 2.24) is 0 Å². The molecule has 0 N–H and O–H groups in total. The van der Waals surface area contributed by atoms with Crippen molar-refractivity contribution in [2.24, 2.45) is 23.7 Å². The molecule has 0 amide bonds. The van der Waals surface area contributed by atoms with Gasteiger partial charge in [0, 0.05) is 12.8 Å². The van der Waals surface area contributed by atoms with E-state index in [-0.39, 0.29) is 0 Å². The van der Waals surface area contributed by atoms with E-state index in [4.69, 9.17) is 0 Å². The van der Waals surface area contributed by atoms with Crippen LogP contribution in [0.5, 0.6) is 0 Å². The summed E-state index contributed by atoms with van der Waals surface area (Å²) >= 11 is 0. The molecule has 0 bridgehead atoms. The van der Waals surface area contributed by atoms with Crippen LogP contribution < -0.4 is 0 Å². The van der Waals surface area contributed by atoms with Gasteiger partial charge < -0.3 is 0 Å². The molecule has 2 aliphatic rings. The molecule has 0 aromatic heterocycles. The third-order valence-corrected chi connectivity index (χ3v) is 4.41. The summed E-state index contributed by atoms with van der Waals surface area (Å²) in [5.41, 5.74) is 0. The van der Waals surface area contributed by atoms with Crippen LogP contribution in [0, 0.1) is 23.7 Å². The van der Waals surface area contributed by atoms with Crippen LogP contribution >= 0.6 is 0 Å². The lowest BCUT2D eigenvalue weighted by Crippen LogP contribution is -2.32. The van der Waals surface area contributed by atoms with E-state index in [1.807, 2.05) is 0 Å². The van der Waals surface area contributed by atoms with Gasteiger partial charge in [-0.05, 0) is 49.4 Å². The van der Waals surface area contributed by atoms with Crippen molar-refractivity contribution in [1.29, 1.82) is 0 Å². The van der Waals surface area contributed by atoms with E-state index >= 15 is 0 Å². The van der Waals surface area contributed by atoms with Crippen molar-refractivity contribution in [3.63, 3.8) is 0 Å². The fourth-order valence-corrected chi connectivity index (χ4v) is 3.33. The summed E-state index contributed by atoms with van der Waals surface area (Å²) in [4.78, 5) is 11.3. The predicted molar refractivity (Wildman–Crippen MR) is 58.0 cm³/mol. The maximum absolute atomic E-state index is 11.3. The van der Waals surface area contributed by atoms with E-state index in [1.165, 1.54) is 25.7 Å². The molecule has 14 heavy (non-hydrogen) atoms. The number of carbonyl (C=O) groups is 1. The minimum absolute atomic E-state index is 0.522. The number of hydrogen-bond donors (Lipinski definition) is 0. The molecule has 0 aromatic carbocycles. The van der Waals surface area contributed by atoms with Gasteiger partial charge in [-0.1, -0.05) is 13.8 Å². The summed E-state index contributed by atoms with van der Waals surface area (Å²) in [6, 6.07) is 0. The van der Waals surface area contributed by atoms with Gasteiger partial charge in [0.05, 0.1) is 0 Å². The summed E-state index contributed by atoms with van der Waals surface area (Å²) in [5.74, 6) is 3.94. The van der Waals surface area contributed by atoms with Crippen LogP contribution in [0.4, 0.5) is 0 Å².